The number of amides is 4. The van der Waals surface area contributed by atoms with Gasteiger partial charge in [0.15, 0.2) is 5.78 Å². The molecule has 6 N–H and O–H groups in total. The third-order valence-electron chi connectivity index (χ3n) is 5.90. The van der Waals surface area contributed by atoms with Gasteiger partial charge in [-0.05, 0) is 35.6 Å². The van der Waals surface area contributed by atoms with Gasteiger partial charge in [-0.25, -0.2) is 9.59 Å². The molecule has 0 radical (unpaired) electrons. The Balaban J connectivity index is 2.11. The summed E-state index contributed by atoms with van der Waals surface area (Å²) in [4.78, 5) is 50.2. The number of ether oxygens (including phenoxy) is 1. The van der Waals surface area contributed by atoms with Crippen molar-refractivity contribution in [2.75, 3.05) is 6.54 Å². The molecule has 0 aliphatic rings. The zero-order valence-corrected chi connectivity index (χ0v) is 23.9. The first-order chi connectivity index (χ1) is 18.5. The molecule has 0 heterocycles. The van der Waals surface area contributed by atoms with Crippen molar-refractivity contribution in [1.29, 1.82) is 0 Å². The first kappa shape index (κ1) is 31.5. The van der Waals surface area contributed by atoms with E-state index < -0.39 is 38.2 Å². The standard InChI is InChI=1S/C28H40N4O6Si/c1-39(2,3)19-24(32-28(37)38-18-22-8-5-4-6-9-22)26(35)31-23(10-7-15-30-27(29)36)25(34)16-20-11-13-21(17-33)14-12-20/h4-6,8-9,11-14,23-24,33H,7,10,15-19H2,1-3H3,(H,31,35)(H,32,37)(H3,29,30,36)/t23-,24-/m0/s1. The molecule has 4 amide bonds. The highest BCUT2D eigenvalue weighted by Crippen LogP contribution is 2.14. The Hall–Kier alpha value is -3.70. The van der Waals surface area contributed by atoms with Crippen molar-refractivity contribution >= 4 is 31.9 Å². The summed E-state index contributed by atoms with van der Waals surface area (Å²) in [7, 11) is -1.83. The fourth-order valence-electron chi connectivity index (χ4n) is 3.92. The van der Waals surface area contributed by atoms with Gasteiger partial charge in [0.25, 0.3) is 0 Å². The van der Waals surface area contributed by atoms with Crippen molar-refractivity contribution < 1.29 is 29.0 Å². The summed E-state index contributed by atoms with van der Waals surface area (Å²) in [6, 6.07) is 14.3. The predicted octanol–water partition coefficient (Wildman–Crippen LogP) is 2.86. The Morgan fingerprint density at radius 2 is 1.54 bits per heavy atom. The lowest BCUT2D eigenvalue weighted by molar-refractivity contribution is -0.128. The highest BCUT2D eigenvalue weighted by Gasteiger charge is 2.31. The number of alkyl carbamates (subject to hydrolysis) is 1. The summed E-state index contributed by atoms with van der Waals surface area (Å²) >= 11 is 0. The van der Waals surface area contributed by atoms with E-state index in [2.05, 4.69) is 35.6 Å². The number of hydrogen-bond donors (Lipinski definition) is 5. The molecule has 2 aromatic rings. The molecule has 0 saturated carbocycles. The lowest BCUT2D eigenvalue weighted by atomic mass is 9.99. The average Bonchev–Trinajstić information content (AvgIpc) is 2.88. The molecule has 10 nitrogen and oxygen atoms in total. The van der Waals surface area contributed by atoms with Crippen molar-refractivity contribution in [1.82, 2.24) is 16.0 Å². The van der Waals surface area contributed by atoms with E-state index in [1.165, 1.54) is 0 Å². The lowest BCUT2D eigenvalue weighted by Crippen LogP contribution is -2.54. The quantitative estimate of drug-likeness (QED) is 0.167. The number of ketones is 1. The minimum absolute atomic E-state index is 0.0665. The summed E-state index contributed by atoms with van der Waals surface area (Å²) in [5, 5.41) is 17.3. The molecule has 0 bridgehead atoms. The second-order valence-corrected chi connectivity index (χ2v) is 16.2. The lowest BCUT2D eigenvalue weighted by Gasteiger charge is -2.27. The maximum atomic E-state index is 13.4. The van der Waals surface area contributed by atoms with E-state index in [0.29, 0.717) is 12.5 Å². The number of nitrogens with two attached hydrogens (primary N) is 1. The molecule has 0 saturated heterocycles. The van der Waals surface area contributed by atoms with Gasteiger partial charge in [-0.3, -0.25) is 9.59 Å². The van der Waals surface area contributed by atoms with Crippen LogP contribution in [-0.4, -0.2) is 55.6 Å². The number of urea groups is 1. The van der Waals surface area contributed by atoms with Crippen LogP contribution in [0.4, 0.5) is 9.59 Å². The Bertz CT molecular complexity index is 1090. The van der Waals surface area contributed by atoms with Gasteiger partial charge in [-0.15, -0.1) is 0 Å². The smallest absolute Gasteiger partial charge is 0.408 e. The van der Waals surface area contributed by atoms with Crippen LogP contribution in [0.15, 0.2) is 54.6 Å². The molecule has 2 aromatic carbocycles. The minimum Gasteiger partial charge on any atom is -0.445 e. The van der Waals surface area contributed by atoms with Gasteiger partial charge in [0.05, 0.1) is 12.6 Å². The van der Waals surface area contributed by atoms with E-state index in [-0.39, 0.29) is 38.4 Å². The number of rotatable bonds is 15. The van der Waals surface area contributed by atoms with Crippen LogP contribution in [0.2, 0.25) is 25.7 Å². The van der Waals surface area contributed by atoms with Crippen LogP contribution >= 0.6 is 0 Å². The van der Waals surface area contributed by atoms with Gasteiger partial charge in [0.2, 0.25) is 5.91 Å². The molecule has 0 spiro atoms. The van der Waals surface area contributed by atoms with Crippen LogP contribution in [-0.2, 0) is 34.0 Å². The zero-order valence-electron chi connectivity index (χ0n) is 22.9. The van der Waals surface area contributed by atoms with Crippen LogP contribution in [0.5, 0.6) is 0 Å². The Kier molecular flexibility index (Phi) is 12.6. The van der Waals surface area contributed by atoms with Gasteiger partial charge in [-0.2, -0.15) is 0 Å². The van der Waals surface area contributed by atoms with E-state index in [9.17, 15) is 24.3 Å². The number of Topliss-reactive ketones (excluding diaryl/α,β-unsaturated/α-hetero) is 1. The summed E-state index contributed by atoms with van der Waals surface area (Å²) in [5.74, 6) is -0.677. The van der Waals surface area contributed by atoms with Crippen LogP contribution in [0.25, 0.3) is 0 Å². The summed E-state index contributed by atoms with van der Waals surface area (Å²) < 4.78 is 5.32. The molecule has 0 aliphatic heterocycles. The van der Waals surface area contributed by atoms with Crippen LogP contribution in [0, 0.1) is 0 Å². The number of aliphatic hydroxyl groups excluding tert-OH is 1. The highest BCUT2D eigenvalue weighted by molar-refractivity contribution is 6.76. The maximum absolute atomic E-state index is 13.4. The van der Waals surface area contributed by atoms with E-state index in [0.717, 1.165) is 16.7 Å². The fourth-order valence-corrected chi connectivity index (χ4v) is 5.43. The van der Waals surface area contributed by atoms with E-state index in [4.69, 9.17) is 10.5 Å². The van der Waals surface area contributed by atoms with Crippen molar-refractivity contribution in [2.45, 2.75) is 70.2 Å². The third kappa shape index (κ3) is 12.6. The predicted molar refractivity (Wildman–Crippen MR) is 152 cm³/mol. The summed E-state index contributed by atoms with van der Waals surface area (Å²) in [5.41, 5.74) is 7.42. The molecular formula is C28H40N4O6Si. The van der Waals surface area contributed by atoms with Gasteiger partial charge in [0.1, 0.15) is 12.6 Å². The first-order valence-electron chi connectivity index (χ1n) is 13.0. The van der Waals surface area contributed by atoms with Crippen LogP contribution in [0.1, 0.15) is 29.5 Å². The van der Waals surface area contributed by atoms with Crippen molar-refractivity contribution in [3.8, 4) is 0 Å². The van der Waals surface area contributed by atoms with Gasteiger partial charge in [-0.1, -0.05) is 74.2 Å². The first-order valence-corrected chi connectivity index (χ1v) is 16.7. The number of hydrogen-bond acceptors (Lipinski definition) is 6. The number of nitrogens with one attached hydrogen (secondary N) is 3. The molecule has 2 atom stereocenters. The number of carbonyl (C=O) groups excluding carboxylic acids is 4. The zero-order chi connectivity index (χ0) is 28.8. The summed E-state index contributed by atoms with van der Waals surface area (Å²) in [6.45, 7) is 6.47. The molecule has 39 heavy (non-hydrogen) atoms. The molecule has 0 unspecified atom stereocenters. The number of benzene rings is 2. The second kappa shape index (κ2) is 15.6. The fraction of sp³-hybridized carbons (Fsp3) is 0.429. The molecule has 0 aliphatic carbocycles. The normalized spacial score (nSPS) is 12.6. The number of aliphatic hydroxyl groups is 1. The Labute approximate surface area is 230 Å². The van der Waals surface area contributed by atoms with Crippen molar-refractivity contribution in [3.63, 3.8) is 0 Å². The molecule has 212 valence electrons. The number of carbonyl (C=O) groups is 4. The van der Waals surface area contributed by atoms with Crippen molar-refractivity contribution in [3.05, 3.63) is 71.3 Å². The van der Waals surface area contributed by atoms with E-state index >= 15 is 0 Å². The summed E-state index contributed by atoms with van der Waals surface area (Å²) in [6.07, 6.45) is 0.0479. The van der Waals surface area contributed by atoms with Crippen LogP contribution in [0.3, 0.4) is 0 Å². The number of primary amides is 1. The molecular weight excluding hydrogens is 516 g/mol. The topological polar surface area (TPSA) is 160 Å². The van der Waals surface area contributed by atoms with Crippen LogP contribution < -0.4 is 21.7 Å². The average molecular weight is 557 g/mol. The third-order valence-corrected chi connectivity index (χ3v) is 7.53. The molecule has 0 fully saturated rings. The Morgan fingerprint density at radius 3 is 2.13 bits per heavy atom. The van der Waals surface area contributed by atoms with Gasteiger partial charge >= 0.3 is 12.1 Å². The van der Waals surface area contributed by atoms with Crippen molar-refractivity contribution in [2.24, 2.45) is 5.73 Å². The van der Waals surface area contributed by atoms with E-state index in [1.807, 2.05) is 30.3 Å². The highest BCUT2D eigenvalue weighted by atomic mass is 28.3. The minimum atomic E-state index is -1.83. The molecule has 0 aromatic heterocycles. The molecule has 11 heteroatoms. The van der Waals surface area contributed by atoms with Gasteiger partial charge in [0, 0.05) is 21.0 Å². The SMILES string of the molecule is C[Si](C)(C)C[C@H](NC(=O)OCc1ccccc1)C(=O)N[C@@H](CCCNC(N)=O)C(=O)Cc1ccc(CO)cc1. The van der Waals surface area contributed by atoms with E-state index in [1.54, 1.807) is 24.3 Å². The van der Waals surface area contributed by atoms with Gasteiger partial charge < -0.3 is 31.5 Å². The monoisotopic (exact) mass is 556 g/mol. The Morgan fingerprint density at radius 1 is 0.897 bits per heavy atom. The largest absolute Gasteiger partial charge is 0.445 e. The molecule has 2 rings (SSSR count). The maximum Gasteiger partial charge on any atom is 0.408 e. The second-order valence-electron chi connectivity index (χ2n) is 10.6.